The number of nitrogens with zero attached hydrogens (tertiary/aromatic N) is 2. The Morgan fingerprint density at radius 3 is 2.94 bits per heavy atom. The van der Waals surface area contributed by atoms with Crippen molar-refractivity contribution < 1.29 is 4.21 Å². The van der Waals surface area contributed by atoms with Crippen LogP contribution in [-0.2, 0) is 16.1 Å². The van der Waals surface area contributed by atoms with Gasteiger partial charge in [-0.15, -0.1) is 0 Å². The van der Waals surface area contributed by atoms with Gasteiger partial charge in [0.1, 0.15) is 10.9 Å². The molecule has 3 nitrogen and oxygen atoms in total. The van der Waals surface area contributed by atoms with Gasteiger partial charge in [0.25, 0.3) is 0 Å². The minimum atomic E-state index is 0.213. The van der Waals surface area contributed by atoms with Gasteiger partial charge in [0.2, 0.25) is 0 Å². The van der Waals surface area contributed by atoms with E-state index in [9.17, 15) is 4.21 Å². The van der Waals surface area contributed by atoms with Gasteiger partial charge in [0.05, 0.1) is 8.61 Å². The van der Waals surface area contributed by atoms with Crippen molar-refractivity contribution >= 4 is 39.9 Å². The molecule has 2 rings (SSSR count). The number of benzene rings is 1. The van der Waals surface area contributed by atoms with E-state index in [-0.39, 0.29) is 11.9 Å². The van der Waals surface area contributed by atoms with Crippen LogP contribution in [0.4, 0.5) is 0 Å². The first-order valence-corrected chi connectivity index (χ1v) is 5.67. The van der Waals surface area contributed by atoms with Gasteiger partial charge in [-0.1, -0.05) is 23.7 Å². The minimum absolute atomic E-state index is 0.213. The van der Waals surface area contributed by atoms with E-state index in [2.05, 4.69) is 9.38 Å². The SMILES string of the molecule is CC(=N[S+]=O)c1ccc2cnc(Cl)cc2c1. The largest absolute Gasteiger partial charge is 0.652 e. The van der Waals surface area contributed by atoms with E-state index in [0.717, 1.165) is 16.3 Å². The lowest BCUT2D eigenvalue weighted by molar-refractivity contribution is 0.606. The zero-order valence-corrected chi connectivity index (χ0v) is 10.0. The molecule has 0 unspecified atom stereocenters. The molecule has 0 atom stereocenters. The van der Waals surface area contributed by atoms with Gasteiger partial charge in [-0.05, 0) is 24.4 Å². The topological polar surface area (TPSA) is 42.3 Å². The standard InChI is InChI=1S/C11H8ClN2OS/c1-7(14-16-15)8-2-3-9-6-13-11(12)5-10(9)4-8/h2-6H,1H3/q+1. The van der Waals surface area contributed by atoms with Gasteiger partial charge in [-0.2, -0.15) is 0 Å². The summed E-state index contributed by atoms with van der Waals surface area (Å²) in [5.74, 6) is 0. The zero-order valence-electron chi connectivity index (χ0n) is 8.48. The fraction of sp³-hybridized carbons (Fsp3) is 0.0909. The molecule has 0 amide bonds. The third-order valence-corrected chi connectivity index (χ3v) is 2.84. The Bertz CT molecular complexity index is 583. The van der Waals surface area contributed by atoms with Gasteiger partial charge in [0.15, 0.2) is 0 Å². The second-order valence-electron chi connectivity index (χ2n) is 3.32. The molecule has 1 heterocycles. The second kappa shape index (κ2) is 4.63. The number of hydrogen-bond donors (Lipinski definition) is 0. The molecule has 0 aliphatic carbocycles. The van der Waals surface area contributed by atoms with Crippen LogP contribution in [0.25, 0.3) is 10.8 Å². The molecule has 2 aromatic rings. The van der Waals surface area contributed by atoms with Crippen molar-refractivity contribution in [1.82, 2.24) is 4.98 Å². The highest BCUT2D eigenvalue weighted by Gasteiger charge is 2.04. The molecule has 0 fully saturated rings. The molecule has 0 N–H and O–H groups in total. The van der Waals surface area contributed by atoms with Gasteiger partial charge in [0, 0.05) is 17.1 Å². The summed E-state index contributed by atoms with van der Waals surface area (Å²) in [7, 11) is 0. The maximum absolute atomic E-state index is 10.3. The van der Waals surface area contributed by atoms with Crippen molar-refractivity contribution in [2.45, 2.75) is 6.92 Å². The van der Waals surface area contributed by atoms with Crippen molar-refractivity contribution in [3.63, 3.8) is 0 Å². The Kier molecular flexibility index (Phi) is 3.22. The van der Waals surface area contributed by atoms with Crippen LogP contribution in [0.3, 0.4) is 0 Å². The summed E-state index contributed by atoms with van der Waals surface area (Å²) < 4.78 is 14.1. The summed E-state index contributed by atoms with van der Waals surface area (Å²) in [6.07, 6.45) is 1.72. The molecule has 0 aliphatic rings. The molecule has 1 aromatic carbocycles. The predicted octanol–water partition coefficient (Wildman–Crippen LogP) is 3.04. The van der Waals surface area contributed by atoms with Gasteiger partial charge in [-0.25, -0.2) is 4.98 Å². The van der Waals surface area contributed by atoms with Crippen molar-refractivity contribution in [3.8, 4) is 0 Å². The third-order valence-electron chi connectivity index (χ3n) is 2.28. The number of pyridine rings is 1. The number of fused-ring (bicyclic) bond motifs is 1. The first kappa shape index (κ1) is 11.1. The highest BCUT2D eigenvalue weighted by molar-refractivity contribution is 7.64. The summed E-state index contributed by atoms with van der Waals surface area (Å²) in [5, 5.41) is 2.45. The Morgan fingerprint density at radius 2 is 2.19 bits per heavy atom. The van der Waals surface area contributed by atoms with Crippen molar-refractivity contribution in [2.75, 3.05) is 0 Å². The molecule has 0 radical (unpaired) electrons. The third kappa shape index (κ3) is 2.23. The number of hydrogen-bond acceptors (Lipinski definition) is 2. The van der Waals surface area contributed by atoms with E-state index in [1.54, 1.807) is 19.2 Å². The summed E-state index contributed by atoms with van der Waals surface area (Å²) in [6, 6.07) is 7.57. The lowest BCUT2D eigenvalue weighted by Gasteiger charge is -2.00. The van der Waals surface area contributed by atoms with Crippen molar-refractivity contribution in [1.29, 1.82) is 0 Å². The Hall–Kier alpha value is -1.39. The smallest absolute Gasteiger partial charge is 0.244 e. The average Bonchev–Trinajstić information content (AvgIpc) is 2.28. The fourth-order valence-corrected chi connectivity index (χ4v) is 1.83. The number of aromatic nitrogens is 1. The molecule has 0 aliphatic heterocycles. The molecule has 0 saturated heterocycles. The number of rotatable bonds is 2. The van der Waals surface area contributed by atoms with Crippen LogP contribution >= 0.6 is 11.6 Å². The van der Waals surface area contributed by atoms with Crippen molar-refractivity contribution in [3.05, 3.63) is 41.2 Å². The fourth-order valence-electron chi connectivity index (χ4n) is 1.45. The predicted molar refractivity (Wildman–Crippen MR) is 67.0 cm³/mol. The van der Waals surface area contributed by atoms with E-state index in [4.69, 9.17) is 11.6 Å². The van der Waals surface area contributed by atoms with Crippen LogP contribution in [0, 0.1) is 0 Å². The second-order valence-corrected chi connectivity index (χ2v) is 4.04. The maximum Gasteiger partial charge on any atom is 0.652 e. The van der Waals surface area contributed by atoms with Gasteiger partial charge in [-0.3, -0.25) is 0 Å². The molecule has 0 bridgehead atoms. The zero-order chi connectivity index (χ0) is 11.5. The molecule has 0 spiro atoms. The van der Waals surface area contributed by atoms with E-state index < -0.39 is 0 Å². The van der Waals surface area contributed by atoms with Crippen LogP contribution in [0.2, 0.25) is 5.15 Å². The van der Waals surface area contributed by atoms with E-state index in [1.807, 2.05) is 18.2 Å². The first-order chi connectivity index (χ1) is 7.70. The van der Waals surface area contributed by atoms with Gasteiger partial charge >= 0.3 is 11.9 Å². The Morgan fingerprint density at radius 1 is 1.38 bits per heavy atom. The van der Waals surface area contributed by atoms with Crippen LogP contribution < -0.4 is 0 Å². The molecule has 0 saturated carbocycles. The Labute approximate surface area is 102 Å². The first-order valence-electron chi connectivity index (χ1n) is 4.60. The summed E-state index contributed by atoms with van der Waals surface area (Å²) in [5.41, 5.74) is 1.62. The molecular weight excluding hydrogens is 244 g/mol. The van der Waals surface area contributed by atoms with E-state index in [0.29, 0.717) is 10.9 Å². The van der Waals surface area contributed by atoms with Crippen LogP contribution in [-0.4, -0.2) is 10.7 Å². The highest BCUT2D eigenvalue weighted by atomic mass is 35.5. The summed E-state index contributed by atoms with van der Waals surface area (Å²) >= 11 is 6.03. The van der Waals surface area contributed by atoms with E-state index in [1.165, 1.54) is 0 Å². The lowest BCUT2D eigenvalue weighted by atomic mass is 10.1. The number of halogens is 1. The average molecular weight is 252 g/mol. The highest BCUT2D eigenvalue weighted by Crippen LogP contribution is 2.18. The maximum atomic E-state index is 10.3. The molecule has 16 heavy (non-hydrogen) atoms. The van der Waals surface area contributed by atoms with E-state index >= 15 is 0 Å². The van der Waals surface area contributed by atoms with Gasteiger partial charge < -0.3 is 0 Å². The summed E-state index contributed by atoms with van der Waals surface area (Å²) in [4.78, 5) is 4.00. The van der Waals surface area contributed by atoms with Crippen LogP contribution in [0.1, 0.15) is 12.5 Å². The molecule has 80 valence electrons. The van der Waals surface area contributed by atoms with Crippen molar-refractivity contribution in [2.24, 2.45) is 4.40 Å². The van der Waals surface area contributed by atoms with Crippen LogP contribution in [0.5, 0.6) is 0 Å². The Balaban J connectivity index is 2.58. The molecular formula is C11H8ClN2OS+. The lowest BCUT2D eigenvalue weighted by Crippen LogP contribution is -1.93. The monoisotopic (exact) mass is 251 g/mol. The molecule has 5 heteroatoms. The van der Waals surface area contributed by atoms with Crippen LogP contribution in [0.15, 0.2) is 34.9 Å². The quantitative estimate of drug-likeness (QED) is 0.356. The summed E-state index contributed by atoms with van der Waals surface area (Å²) in [6.45, 7) is 1.80. The molecule has 1 aromatic heterocycles. The normalized spacial score (nSPS) is 11.8. The minimum Gasteiger partial charge on any atom is -0.244 e.